The number of halogens is 5. The minimum absolute atomic E-state index is 0.137. The SMILES string of the molecule is CC(C)OC(=O)[C@H](C)NP(=O)(Oc1ccccc1)Oc1c(F)c(F)c(F)c(F)c1F. The van der Waals surface area contributed by atoms with Crippen molar-refractivity contribution in [2.24, 2.45) is 0 Å². The molecular weight excluding hydrogens is 436 g/mol. The van der Waals surface area contributed by atoms with Crippen LogP contribution in [0.4, 0.5) is 22.0 Å². The highest BCUT2D eigenvalue weighted by Crippen LogP contribution is 2.47. The van der Waals surface area contributed by atoms with Gasteiger partial charge >= 0.3 is 13.7 Å². The highest BCUT2D eigenvalue weighted by Gasteiger charge is 2.38. The molecule has 0 aliphatic heterocycles. The van der Waals surface area contributed by atoms with E-state index >= 15 is 0 Å². The van der Waals surface area contributed by atoms with Crippen LogP contribution in [0, 0.1) is 29.1 Å². The van der Waals surface area contributed by atoms with Crippen LogP contribution in [-0.4, -0.2) is 18.1 Å². The molecule has 0 amide bonds. The number of benzene rings is 2. The molecule has 0 spiro atoms. The Labute approximate surface area is 168 Å². The Bertz CT molecular complexity index is 944. The Morgan fingerprint density at radius 3 is 1.87 bits per heavy atom. The predicted octanol–water partition coefficient (Wildman–Crippen LogP) is 4.88. The molecule has 30 heavy (non-hydrogen) atoms. The van der Waals surface area contributed by atoms with E-state index in [0.717, 1.165) is 0 Å². The molecule has 1 unspecified atom stereocenters. The molecule has 2 aromatic carbocycles. The highest BCUT2D eigenvalue weighted by molar-refractivity contribution is 7.52. The molecule has 2 atom stereocenters. The van der Waals surface area contributed by atoms with E-state index in [2.05, 4.69) is 9.61 Å². The zero-order chi connectivity index (χ0) is 22.6. The highest BCUT2D eigenvalue weighted by atomic mass is 31.2. The average molecular weight is 453 g/mol. The van der Waals surface area contributed by atoms with Crippen LogP contribution in [0.5, 0.6) is 11.5 Å². The average Bonchev–Trinajstić information content (AvgIpc) is 2.68. The van der Waals surface area contributed by atoms with Crippen LogP contribution >= 0.6 is 7.75 Å². The van der Waals surface area contributed by atoms with Crippen molar-refractivity contribution in [3.05, 3.63) is 59.4 Å². The van der Waals surface area contributed by atoms with E-state index in [0.29, 0.717) is 0 Å². The maximum Gasteiger partial charge on any atom is 0.513 e. The van der Waals surface area contributed by atoms with Gasteiger partial charge in [-0.15, -0.1) is 0 Å². The molecule has 1 N–H and O–H groups in total. The zero-order valence-electron chi connectivity index (χ0n) is 15.9. The first-order valence-electron chi connectivity index (χ1n) is 8.49. The predicted molar refractivity (Wildman–Crippen MR) is 95.4 cm³/mol. The topological polar surface area (TPSA) is 73.9 Å². The summed E-state index contributed by atoms with van der Waals surface area (Å²) in [5, 5.41) is 2.07. The van der Waals surface area contributed by atoms with Crippen LogP contribution < -0.4 is 14.1 Å². The van der Waals surface area contributed by atoms with Crippen LogP contribution in [0.3, 0.4) is 0 Å². The first-order valence-corrected chi connectivity index (χ1v) is 10.0. The van der Waals surface area contributed by atoms with Crippen molar-refractivity contribution in [2.75, 3.05) is 0 Å². The summed E-state index contributed by atoms with van der Waals surface area (Å²) >= 11 is 0. The van der Waals surface area contributed by atoms with Crippen LogP contribution in [0.2, 0.25) is 0 Å². The molecular formula is C18H17F5NO5P. The summed E-state index contributed by atoms with van der Waals surface area (Å²) < 4.78 is 96.0. The van der Waals surface area contributed by atoms with Gasteiger partial charge in [0.15, 0.2) is 0 Å². The van der Waals surface area contributed by atoms with Gasteiger partial charge in [-0.3, -0.25) is 4.79 Å². The number of esters is 1. The van der Waals surface area contributed by atoms with Crippen molar-refractivity contribution in [1.29, 1.82) is 0 Å². The van der Waals surface area contributed by atoms with Crippen molar-refractivity contribution in [2.45, 2.75) is 32.9 Å². The Kier molecular flexibility index (Phi) is 7.44. The smallest absolute Gasteiger partial charge is 0.462 e. The van der Waals surface area contributed by atoms with E-state index in [4.69, 9.17) is 9.26 Å². The molecule has 0 heterocycles. The van der Waals surface area contributed by atoms with Gasteiger partial charge in [-0.1, -0.05) is 18.2 Å². The number of hydrogen-bond acceptors (Lipinski definition) is 5. The first-order chi connectivity index (χ1) is 13.9. The molecule has 0 aliphatic carbocycles. The fraction of sp³-hybridized carbons (Fsp3) is 0.278. The quantitative estimate of drug-likeness (QED) is 0.202. The Morgan fingerprint density at radius 2 is 1.37 bits per heavy atom. The zero-order valence-corrected chi connectivity index (χ0v) is 16.8. The molecule has 2 aromatic rings. The monoisotopic (exact) mass is 453 g/mol. The molecule has 6 nitrogen and oxygen atoms in total. The van der Waals surface area contributed by atoms with E-state index < -0.39 is 60.7 Å². The number of carbonyl (C=O) groups excluding carboxylic acids is 1. The van der Waals surface area contributed by atoms with Crippen molar-refractivity contribution < 1.29 is 45.1 Å². The summed E-state index contributed by atoms with van der Waals surface area (Å²) in [6.45, 7) is 4.25. The van der Waals surface area contributed by atoms with Gasteiger partial charge in [-0.25, -0.2) is 17.7 Å². The standard InChI is InChI=1S/C18H17F5NO5P/c1-9(2)27-18(25)10(3)24-30(26,28-11-7-5-4-6-8-11)29-17-15(22)13(20)12(19)14(21)16(17)23/h4-10H,1-3H3,(H,24,26)/t10-,30?/m0/s1. The van der Waals surface area contributed by atoms with Crippen molar-refractivity contribution in [3.63, 3.8) is 0 Å². The van der Waals surface area contributed by atoms with Crippen LogP contribution in [0.25, 0.3) is 0 Å². The summed E-state index contributed by atoms with van der Waals surface area (Å²) in [5.41, 5.74) is 0. The minimum Gasteiger partial charge on any atom is -0.462 e. The lowest BCUT2D eigenvalue weighted by molar-refractivity contribution is -0.149. The van der Waals surface area contributed by atoms with Gasteiger partial charge in [0.05, 0.1) is 6.10 Å². The summed E-state index contributed by atoms with van der Waals surface area (Å²) in [6, 6.07) is 5.64. The maximum atomic E-state index is 14.0. The van der Waals surface area contributed by atoms with Crippen LogP contribution in [0.1, 0.15) is 20.8 Å². The van der Waals surface area contributed by atoms with Crippen LogP contribution in [0.15, 0.2) is 30.3 Å². The van der Waals surface area contributed by atoms with Gasteiger partial charge in [-0.05, 0) is 32.9 Å². The lowest BCUT2D eigenvalue weighted by Crippen LogP contribution is -2.37. The molecule has 0 aromatic heterocycles. The fourth-order valence-electron chi connectivity index (χ4n) is 2.10. The molecule has 2 rings (SSSR count). The van der Waals surface area contributed by atoms with E-state index in [1.54, 1.807) is 6.07 Å². The summed E-state index contributed by atoms with van der Waals surface area (Å²) in [7, 11) is -4.91. The summed E-state index contributed by atoms with van der Waals surface area (Å²) in [6.07, 6.45) is -0.549. The second kappa shape index (κ2) is 9.44. The largest absolute Gasteiger partial charge is 0.513 e. The molecule has 164 valence electrons. The minimum atomic E-state index is -4.91. The van der Waals surface area contributed by atoms with Gasteiger partial charge in [0.1, 0.15) is 11.8 Å². The Morgan fingerprint density at radius 1 is 0.867 bits per heavy atom. The lowest BCUT2D eigenvalue weighted by Gasteiger charge is -2.24. The second-order valence-corrected chi connectivity index (χ2v) is 7.85. The van der Waals surface area contributed by atoms with E-state index in [1.807, 2.05) is 0 Å². The fourth-order valence-corrected chi connectivity index (χ4v) is 3.62. The summed E-state index contributed by atoms with van der Waals surface area (Å²) in [4.78, 5) is 12.0. The van der Waals surface area contributed by atoms with Gasteiger partial charge in [0, 0.05) is 0 Å². The van der Waals surface area contributed by atoms with Gasteiger partial charge in [0.2, 0.25) is 34.8 Å². The molecule has 0 saturated heterocycles. The molecule has 0 fully saturated rings. The molecule has 0 radical (unpaired) electrons. The number of nitrogens with one attached hydrogen (secondary N) is 1. The van der Waals surface area contributed by atoms with E-state index in [9.17, 15) is 31.3 Å². The van der Waals surface area contributed by atoms with Crippen molar-refractivity contribution >= 4 is 13.7 Å². The molecule has 0 saturated carbocycles. The third-order valence-electron chi connectivity index (χ3n) is 3.41. The second-order valence-electron chi connectivity index (χ2n) is 6.23. The number of hydrogen-bond donors (Lipinski definition) is 1. The normalized spacial score (nSPS) is 14.2. The maximum absolute atomic E-state index is 14.0. The molecule has 0 bridgehead atoms. The Balaban J connectivity index is 2.45. The number of ether oxygens (including phenoxy) is 1. The number of para-hydroxylation sites is 1. The first kappa shape index (κ1) is 23.6. The Hall–Kier alpha value is -2.65. The number of rotatable bonds is 8. The van der Waals surface area contributed by atoms with E-state index in [-0.39, 0.29) is 5.75 Å². The number of carbonyl (C=O) groups is 1. The van der Waals surface area contributed by atoms with E-state index in [1.165, 1.54) is 45.0 Å². The third kappa shape index (κ3) is 5.48. The van der Waals surface area contributed by atoms with Gasteiger partial charge in [-0.2, -0.15) is 13.9 Å². The molecule has 0 aliphatic rings. The van der Waals surface area contributed by atoms with Crippen molar-refractivity contribution in [3.8, 4) is 11.5 Å². The summed E-state index contributed by atoms with van der Waals surface area (Å²) in [5.74, 6) is -14.6. The van der Waals surface area contributed by atoms with Gasteiger partial charge < -0.3 is 13.8 Å². The van der Waals surface area contributed by atoms with Crippen molar-refractivity contribution in [1.82, 2.24) is 5.09 Å². The molecule has 12 heteroatoms. The van der Waals surface area contributed by atoms with Crippen LogP contribution in [-0.2, 0) is 14.1 Å². The van der Waals surface area contributed by atoms with Gasteiger partial charge in [0.25, 0.3) is 0 Å². The lowest BCUT2D eigenvalue weighted by atomic mass is 10.3. The third-order valence-corrected chi connectivity index (χ3v) is 4.98.